The van der Waals surface area contributed by atoms with E-state index in [0.29, 0.717) is 6.10 Å². The third-order valence-electron chi connectivity index (χ3n) is 2.08. The van der Waals surface area contributed by atoms with Crippen LogP contribution in [0.4, 0.5) is 0 Å². The molecule has 0 aliphatic carbocycles. The summed E-state index contributed by atoms with van der Waals surface area (Å²) >= 11 is 0. The maximum absolute atomic E-state index is 5.30. The molecular formula is C7H12O2. The summed E-state index contributed by atoms with van der Waals surface area (Å²) in [5.41, 5.74) is 0. The van der Waals surface area contributed by atoms with E-state index < -0.39 is 0 Å². The standard InChI is InChI=1S/C7H12O2/c1-2-6(4-8-3-1)7-5-9-7/h6-7H,1-5H2/t6?,7-/m0/s1. The van der Waals surface area contributed by atoms with Gasteiger partial charge in [0, 0.05) is 12.5 Å². The number of rotatable bonds is 1. The topological polar surface area (TPSA) is 21.8 Å². The van der Waals surface area contributed by atoms with Gasteiger partial charge < -0.3 is 9.47 Å². The van der Waals surface area contributed by atoms with E-state index in [1.807, 2.05) is 0 Å². The molecule has 9 heavy (non-hydrogen) atoms. The number of hydrogen-bond acceptors (Lipinski definition) is 2. The molecule has 0 amide bonds. The molecule has 2 saturated heterocycles. The summed E-state index contributed by atoms with van der Waals surface area (Å²) in [7, 11) is 0. The van der Waals surface area contributed by atoms with Crippen molar-refractivity contribution in [3.63, 3.8) is 0 Å². The Hall–Kier alpha value is -0.0800. The summed E-state index contributed by atoms with van der Waals surface area (Å²) in [5.74, 6) is 0.721. The Morgan fingerprint density at radius 3 is 2.67 bits per heavy atom. The zero-order valence-corrected chi connectivity index (χ0v) is 5.51. The Labute approximate surface area is 55.1 Å². The van der Waals surface area contributed by atoms with Gasteiger partial charge in [0.1, 0.15) is 0 Å². The fourth-order valence-corrected chi connectivity index (χ4v) is 1.39. The van der Waals surface area contributed by atoms with Crippen molar-refractivity contribution >= 4 is 0 Å². The summed E-state index contributed by atoms with van der Waals surface area (Å²) in [5, 5.41) is 0. The van der Waals surface area contributed by atoms with Crippen LogP contribution in [0.2, 0.25) is 0 Å². The van der Waals surface area contributed by atoms with Crippen LogP contribution in [0.1, 0.15) is 12.8 Å². The molecule has 0 saturated carbocycles. The summed E-state index contributed by atoms with van der Waals surface area (Å²) in [6.45, 7) is 2.88. The Morgan fingerprint density at radius 1 is 1.22 bits per heavy atom. The van der Waals surface area contributed by atoms with Crippen molar-refractivity contribution in [2.24, 2.45) is 5.92 Å². The van der Waals surface area contributed by atoms with Crippen LogP contribution in [0.25, 0.3) is 0 Å². The monoisotopic (exact) mass is 128 g/mol. The van der Waals surface area contributed by atoms with Crippen LogP contribution in [0.3, 0.4) is 0 Å². The molecule has 2 heteroatoms. The van der Waals surface area contributed by atoms with Gasteiger partial charge in [-0.1, -0.05) is 0 Å². The van der Waals surface area contributed by atoms with Gasteiger partial charge in [-0.2, -0.15) is 0 Å². The third kappa shape index (κ3) is 1.25. The maximum Gasteiger partial charge on any atom is 0.0860 e. The van der Waals surface area contributed by atoms with Crippen molar-refractivity contribution in [3.05, 3.63) is 0 Å². The van der Waals surface area contributed by atoms with E-state index in [1.54, 1.807) is 0 Å². The van der Waals surface area contributed by atoms with Crippen molar-refractivity contribution in [1.29, 1.82) is 0 Å². The van der Waals surface area contributed by atoms with Crippen molar-refractivity contribution < 1.29 is 9.47 Å². The van der Waals surface area contributed by atoms with Gasteiger partial charge in [0.2, 0.25) is 0 Å². The highest BCUT2D eigenvalue weighted by molar-refractivity contribution is 4.80. The lowest BCUT2D eigenvalue weighted by Gasteiger charge is -2.19. The van der Waals surface area contributed by atoms with Crippen LogP contribution in [-0.2, 0) is 9.47 Å². The Balaban J connectivity index is 1.80. The summed E-state index contributed by atoms with van der Waals surface area (Å²) in [6.07, 6.45) is 3.10. The molecule has 0 aromatic heterocycles. The van der Waals surface area contributed by atoms with Gasteiger partial charge in [-0.05, 0) is 12.8 Å². The Morgan fingerprint density at radius 2 is 2.11 bits per heavy atom. The van der Waals surface area contributed by atoms with Crippen molar-refractivity contribution in [3.8, 4) is 0 Å². The van der Waals surface area contributed by atoms with Crippen LogP contribution in [0, 0.1) is 5.92 Å². The summed E-state index contributed by atoms with van der Waals surface area (Å²) in [6, 6.07) is 0. The second-order valence-electron chi connectivity index (χ2n) is 2.85. The predicted octanol–water partition coefficient (Wildman–Crippen LogP) is 0.812. The fraction of sp³-hybridized carbons (Fsp3) is 1.00. The van der Waals surface area contributed by atoms with E-state index in [-0.39, 0.29) is 0 Å². The highest BCUT2D eigenvalue weighted by Crippen LogP contribution is 2.26. The molecule has 2 aliphatic heterocycles. The first-order chi connectivity index (χ1) is 4.47. The molecule has 2 aliphatic rings. The molecule has 0 radical (unpaired) electrons. The predicted molar refractivity (Wildman–Crippen MR) is 33.3 cm³/mol. The first-order valence-corrected chi connectivity index (χ1v) is 3.66. The second-order valence-corrected chi connectivity index (χ2v) is 2.85. The minimum Gasteiger partial charge on any atom is -0.381 e. The number of ether oxygens (including phenoxy) is 2. The molecule has 0 aromatic rings. The van der Waals surface area contributed by atoms with Gasteiger partial charge >= 0.3 is 0 Å². The van der Waals surface area contributed by atoms with Gasteiger partial charge in [0.15, 0.2) is 0 Å². The number of epoxide rings is 1. The molecule has 1 unspecified atom stereocenters. The molecule has 0 N–H and O–H groups in total. The Bertz CT molecular complexity index is 93.1. The molecule has 2 rings (SSSR count). The highest BCUT2D eigenvalue weighted by atomic mass is 16.6. The lowest BCUT2D eigenvalue weighted by atomic mass is 9.99. The average molecular weight is 128 g/mol. The minimum absolute atomic E-state index is 0.560. The molecule has 2 heterocycles. The summed E-state index contributed by atoms with van der Waals surface area (Å²) < 4.78 is 10.5. The van der Waals surface area contributed by atoms with Crippen LogP contribution in [0.5, 0.6) is 0 Å². The molecular weight excluding hydrogens is 116 g/mol. The average Bonchev–Trinajstić information content (AvgIpc) is 2.71. The molecule has 0 spiro atoms. The SMILES string of the molecule is C1COCC([C@@H]2CO2)C1. The van der Waals surface area contributed by atoms with Crippen LogP contribution >= 0.6 is 0 Å². The molecule has 0 bridgehead atoms. The molecule has 2 fully saturated rings. The van der Waals surface area contributed by atoms with Gasteiger partial charge in [-0.25, -0.2) is 0 Å². The van der Waals surface area contributed by atoms with Gasteiger partial charge in [-0.3, -0.25) is 0 Å². The van der Waals surface area contributed by atoms with Crippen LogP contribution in [0.15, 0.2) is 0 Å². The van der Waals surface area contributed by atoms with E-state index in [9.17, 15) is 0 Å². The Kier molecular flexibility index (Phi) is 1.44. The minimum atomic E-state index is 0.560. The van der Waals surface area contributed by atoms with E-state index in [0.717, 1.165) is 25.7 Å². The van der Waals surface area contributed by atoms with Gasteiger partial charge in [-0.15, -0.1) is 0 Å². The maximum atomic E-state index is 5.30. The lowest BCUT2D eigenvalue weighted by molar-refractivity contribution is 0.0436. The third-order valence-corrected chi connectivity index (χ3v) is 2.08. The number of hydrogen-bond donors (Lipinski definition) is 0. The molecule has 2 nitrogen and oxygen atoms in total. The van der Waals surface area contributed by atoms with Crippen LogP contribution < -0.4 is 0 Å². The van der Waals surface area contributed by atoms with E-state index in [1.165, 1.54) is 12.8 Å². The largest absolute Gasteiger partial charge is 0.381 e. The summed E-state index contributed by atoms with van der Waals surface area (Å²) in [4.78, 5) is 0. The zero-order chi connectivity index (χ0) is 6.10. The molecule has 2 atom stereocenters. The lowest BCUT2D eigenvalue weighted by Crippen LogP contribution is -2.21. The second kappa shape index (κ2) is 2.27. The van der Waals surface area contributed by atoms with E-state index >= 15 is 0 Å². The fourth-order valence-electron chi connectivity index (χ4n) is 1.39. The highest BCUT2D eigenvalue weighted by Gasteiger charge is 2.33. The normalized spacial score (nSPS) is 42.7. The van der Waals surface area contributed by atoms with Crippen molar-refractivity contribution in [2.75, 3.05) is 19.8 Å². The van der Waals surface area contributed by atoms with E-state index in [4.69, 9.17) is 9.47 Å². The smallest absolute Gasteiger partial charge is 0.0860 e. The quantitative estimate of drug-likeness (QED) is 0.487. The first kappa shape index (κ1) is 5.69. The first-order valence-electron chi connectivity index (χ1n) is 3.66. The van der Waals surface area contributed by atoms with Crippen LogP contribution in [-0.4, -0.2) is 25.9 Å². The zero-order valence-electron chi connectivity index (χ0n) is 5.51. The van der Waals surface area contributed by atoms with Crippen molar-refractivity contribution in [2.45, 2.75) is 18.9 Å². The van der Waals surface area contributed by atoms with E-state index in [2.05, 4.69) is 0 Å². The molecule has 0 aromatic carbocycles. The van der Waals surface area contributed by atoms with Gasteiger partial charge in [0.05, 0.1) is 19.3 Å². The van der Waals surface area contributed by atoms with Crippen molar-refractivity contribution in [1.82, 2.24) is 0 Å². The molecule has 52 valence electrons. The van der Waals surface area contributed by atoms with Gasteiger partial charge in [0.25, 0.3) is 0 Å².